The fourth-order valence-electron chi connectivity index (χ4n) is 1.39. The molecule has 0 fully saturated rings. The van der Waals surface area contributed by atoms with Crippen LogP contribution < -0.4 is 5.32 Å². The van der Waals surface area contributed by atoms with Crippen molar-refractivity contribution in [2.75, 3.05) is 6.54 Å². The summed E-state index contributed by atoms with van der Waals surface area (Å²) in [5.41, 5.74) is 1.19. The fraction of sp³-hybridized carbons (Fsp3) is 0.583. The molecule has 0 radical (unpaired) electrons. The number of carbonyl (C=O) groups excluding carboxylic acids is 1. The summed E-state index contributed by atoms with van der Waals surface area (Å²) in [7, 11) is 0. The lowest BCUT2D eigenvalue weighted by Crippen LogP contribution is -2.28. The Balaban J connectivity index is 2.46. The zero-order chi connectivity index (χ0) is 12.1. The average molecular weight is 304 g/mol. The number of aryl methyl sites for hydroxylation is 2. The third kappa shape index (κ3) is 3.91. The monoisotopic (exact) mass is 303 g/mol. The van der Waals surface area contributed by atoms with Crippen molar-refractivity contribution in [2.45, 2.75) is 38.4 Å². The van der Waals surface area contributed by atoms with Gasteiger partial charge in [0.25, 0.3) is 5.91 Å². The highest BCUT2D eigenvalue weighted by Gasteiger charge is 2.11. The Hall–Kier alpha value is -0.350. The Morgan fingerprint density at radius 2 is 2.25 bits per heavy atom. The van der Waals surface area contributed by atoms with E-state index in [1.165, 1.54) is 10.4 Å². The number of thiophene rings is 1. The Morgan fingerprint density at radius 3 is 2.75 bits per heavy atom. The van der Waals surface area contributed by atoms with E-state index in [4.69, 9.17) is 0 Å². The minimum atomic E-state index is 0.0433. The van der Waals surface area contributed by atoms with Gasteiger partial charge in [-0.1, -0.05) is 29.3 Å². The van der Waals surface area contributed by atoms with Crippen molar-refractivity contribution in [1.82, 2.24) is 5.32 Å². The van der Waals surface area contributed by atoms with E-state index in [1.54, 1.807) is 11.3 Å². The van der Waals surface area contributed by atoms with Crippen molar-refractivity contribution in [3.63, 3.8) is 0 Å². The van der Waals surface area contributed by atoms with Gasteiger partial charge in [0.2, 0.25) is 0 Å². The summed E-state index contributed by atoms with van der Waals surface area (Å²) in [6, 6.07) is 1.96. The fourth-order valence-corrected chi connectivity index (χ4v) is 2.96. The molecule has 0 saturated carbocycles. The maximum absolute atomic E-state index is 11.8. The third-order valence-corrected chi connectivity index (χ3v) is 4.41. The molecule has 1 amide bonds. The van der Waals surface area contributed by atoms with E-state index in [1.807, 2.05) is 19.9 Å². The number of nitrogens with one attached hydrogen (secondary N) is 1. The number of amides is 1. The normalized spacial score (nSPS) is 12.5. The minimum absolute atomic E-state index is 0.0433. The van der Waals surface area contributed by atoms with Crippen molar-refractivity contribution < 1.29 is 4.79 Å². The van der Waals surface area contributed by atoms with E-state index in [-0.39, 0.29) is 5.91 Å². The Labute approximate surface area is 110 Å². The first-order valence-corrected chi connectivity index (χ1v) is 7.27. The van der Waals surface area contributed by atoms with E-state index in [9.17, 15) is 4.79 Å². The average Bonchev–Trinajstić information content (AvgIpc) is 2.56. The minimum Gasteiger partial charge on any atom is -0.350 e. The predicted octanol–water partition coefficient (Wildman–Crippen LogP) is 3.66. The zero-order valence-corrected chi connectivity index (χ0v) is 12.4. The number of hydrogen-bond donors (Lipinski definition) is 1. The van der Waals surface area contributed by atoms with Crippen LogP contribution in [0.2, 0.25) is 0 Å². The molecule has 1 unspecified atom stereocenters. The van der Waals surface area contributed by atoms with Gasteiger partial charge in [-0.2, -0.15) is 0 Å². The van der Waals surface area contributed by atoms with E-state index in [2.05, 4.69) is 28.2 Å². The van der Waals surface area contributed by atoms with Gasteiger partial charge in [0.05, 0.1) is 4.88 Å². The Kier molecular flexibility index (Phi) is 5.49. The maximum Gasteiger partial charge on any atom is 0.261 e. The van der Waals surface area contributed by atoms with Gasteiger partial charge >= 0.3 is 0 Å². The van der Waals surface area contributed by atoms with Gasteiger partial charge in [0, 0.05) is 16.2 Å². The quantitative estimate of drug-likeness (QED) is 0.826. The topological polar surface area (TPSA) is 29.1 Å². The summed E-state index contributed by atoms with van der Waals surface area (Å²) in [5, 5.41) is 2.95. The van der Waals surface area contributed by atoms with Crippen LogP contribution in [0, 0.1) is 13.8 Å². The molecule has 0 aliphatic heterocycles. The molecule has 1 atom stereocenters. The third-order valence-electron chi connectivity index (χ3n) is 2.48. The predicted molar refractivity (Wildman–Crippen MR) is 73.7 cm³/mol. The summed E-state index contributed by atoms with van der Waals surface area (Å²) < 4.78 is 0. The molecule has 0 aliphatic rings. The number of hydrogen-bond acceptors (Lipinski definition) is 2. The van der Waals surface area contributed by atoms with Crippen LogP contribution in [0.3, 0.4) is 0 Å². The second kappa shape index (κ2) is 6.40. The van der Waals surface area contributed by atoms with E-state index in [0.717, 1.165) is 17.7 Å². The molecule has 0 spiro atoms. The summed E-state index contributed by atoms with van der Waals surface area (Å²) in [5.74, 6) is 0.0433. The van der Waals surface area contributed by atoms with Crippen LogP contribution in [-0.4, -0.2) is 17.3 Å². The molecule has 1 aromatic heterocycles. The van der Waals surface area contributed by atoms with Gasteiger partial charge in [-0.3, -0.25) is 4.79 Å². The maximum atomic E-state index is 11.8. The van der Waals surface area contributed by atoms with Crippen molar-refractivity contribution in [3.8, 4) is 0 Å². The van der Waals surface area contributed by atoms with E-state index >= 15 is 0 Å². The van der Waals surface area contributed by atoms with Crippen LogP contribution >= 0.6 is 27.3 Å². The highest BCUT2D eigenvalue weighted by molar-refractivity contribution is 9.09. The number of rotatable bonds is 5. The first-order valence-electron chi connectivity index (χ1n) is 5.54. The highest BCUT2D eigenvalue weighted by atomic mass is 79.9. The second-order valence-corrected chi connectivity index (χ2v) is 6.50. The van der Waals surface area contributed by atoms with Gasteiger partial charge in [0.15, 0.2) is 0 Å². The van der Waals surface area contributed by atoms with Crippen molar-refractivity contribution in [2.24, 2.45) is 0 Å². The summed E-state index contributed by atoms with van der Waals surface area (Å²) in [6.45, 7) is 6.92. The zero-order valence-electron chi connectivity index (χ0n) is 9.97. The molecule has 90 valence electrons. The summed E-state index contributed by atoms with van der Waals surface area (Å²) >= 11 is 5.11. The van der Waals surface area contributed by atoms with E-state index in [0.29, 0.717) is 11.4 Å². The largest absolute Gasteiger partial charge is 0.350 e. The van der Waals surface area contributed by atoms with Gasteiger partial charge in [-0.05, 0) is 31.9 Å². The first-order chi connectivity index (χ1) is 7.54. The molecule has 0 saturated heterocycles. The van der Waals surface area contributed by atoms with Crippen LogP contribution in [-0.2, 0) is 0 Å². The lowest BCUT2D eigenvalue weighted by molar-refractivity contribution is 0.0957. The van der Waals surface area contributed by atoms with Gasteiger partial charge in [0.1, 0.15) is 0 Å². The smallest absolute Gasteiger partial charge is 0.261 e. The van der Waals surface area contributed by atoms with Crippen LogP contribution in [0.25, 0.3) is 0 Å². The highest BCUT2D eigenvalue weighted by Crippen LogP contribution is 2.20. The van der Waals surface area contributed by atoms with Crippen LogP contribution in [0.1, 0.15) is 39.9 Å². The number of alkyl halides is 1. The molecule has 1 N–H and O–H groups in total. The van der Waals surface area contributed by atoms with Crippen LogP contribution in [0.5, 0.6) is 0 Å². The van der Waals surface area contributed by atoms with Gasteiger partial charge < -0.3 is 5.32 Å². The molecule has 2 nitrogen and oxygen atoms in total. The number of carbonyl (C=O) groups is 1. The number of halogens is 1. The van der Waals surface area contributed by atoms with Crippen molar-refractivity contribution in [3.05, 3.63) is 21.4 Å². The summed E-state index contributed by atoms with van der Waals surface area (Å²) in [4.78, 5) is 14.2. The van der Waals surface area contributed by atoms with Crippen LogP contribution in [0.15, 0.2) is 6.07 Å². The Morgan fingerprint density at radius 1 is 1.56 bits per heavy atom. The van der Waals surface area contributed by atoms with Crippen LogP contribution in [0.4, 0.5) is 0 Å². The molecule has 1 rings (SSSR count). The first kappa shape index (κ1) is 13.7. The molecule has 16 heavy (non-hydrogen) atoms. The van der Waals surface area contributed by atoms with E-state index < -0.39 is 0 Å². The lowest BCUT2D eigenvalue weighted by atomic mass is 10.2. The lowest BCUT2D eigenvalue weighted by Gasteiger charge is -2.08. The molecule has 4 heteroatoms. The molecule has 1 aromatic rings. The molecular weight excluding hydrogens is 286 g/mol. The molecule has 0 aliphatic carbocycles. The van der Waals surface area contributed by atoms with Gasteiger partial charge in [-0.15, -0.1) is 11.3 Å². The standard InChI is InChI=1S/C12H18BrNOS/c1-4-5-10(13)7-14-12(15)11-6-8(2)9(3)16-11/h6,10H,4-5,7H2,1-3H3,(H,14,15). The van der Waals surface area contributed by atoms with Gasteiger partial charge in [-0.25, -0.2) is 0 Å². The Bertz CT molecular complexity index is 342. The van der Waals surface area contributed by atoms with Crippen molar-refractivity contribution in [1.29, 1.82) is 0 Å². The SMILES string of the molecule is CCCC(Br)CNC(=O)c1cc(C)c(C)s1. The summed E-state index contributed by atoms with van der Waals surface area (Å²) in [6.07, 6.45) is 2.21. The molecule has 1 heterocycles. The molecule has 0 bridgehead atoms. The molecular formula is C12H18BrNOS. The molecule has 0 aromatic carbocycles. The second-order valence-electron chi connectivity index (χ2n) is 3.95. The van der Waals surface area contributed by atoms with Crippen molar-refractivity contribution >= 4 is 33.2 Å².